The first-order chi connectivity index (χ1) is 15.0. The number of rotatable bonds is 6. The Kier molecular flexibility index (Phi) is 5.91. The van der Waals surface area contributed by atoms with Crippen LogP contribution in [0.4, 0.5) is 0 Å². The number of hydrogen-bond acceptors (Lipinski definition) is 6. The van der Waals surface area contributed by atoms with Crippen LogP contribution in [0.25, 0.3) is 11.0 Å². The molecule has 0 atom stereocenters. The number of fused-ring (bicyclic) bond motifs is 1. The van der Waals surface area contributed by atoms with Gasteiger partial charge in [-0.05, 0) is 54.1 Å². The van der Waals surface area contributed by atoms with Crippen molar-refractivity contribution in [2.75, 3.05) is 7.11 Å². The largest absolute Gasteiger partial charge is 0.497 e. The zero-order valence-corrected chi connectivity index (χ0v) is 17.2. The summed E-state index contributed by atoms with van der Waals surface area (Å²) in [5.41, 5.74) is 0.724. The number of halogens is 1. The van der Waals surface area contributed by atoms with Gasteiger partial charge in [-0.1, -0.05) is 23.7 Å². The van der Waals surface area contributed by atoms with Gasteiger partial charge in [0.05, 0.1) is 18.9 Å². The molecule has 6 nitrogen and oxygen atoms in total. The minimum atomic E-state index is -0.441. The van der Waals surface area contributed by atoms with Crippen LogP contribution in [0.1, 0.15) is 5.56 Å². The Morgan fingerprint density at radius 3 is 2.32 bits per heavy atom. The summed E-state index contributed by atoms with van der Waals surface area (Å²) in [6.45, 7) is 0. The Morgan fingerprint density at radius 2 is 1.61 bits per heavy atom. The molecule has 1 aromatic heterocycles. The van der Waals surface area contributed by atoms with E-state index in [-0.39, 0.29) is 28.9 Å². The summed E-state index contributed by atoms with van der Waals surface area (Å²) in [5.74, 6) is 1.03. The highest BCUT2D eigenvalue weighted by atomic mass is 35.5. The number of carbonyl (C=O) groups is 1. The van der Waals surface area contributed by atoms with Crippen molar-refractivity contribution < 1.29 is 23.4 Å². The van der Waals surface area contributed by atoms with E-state index in [1.807, 2.05) is 0 Å². The Labute approximate surface area is 182 Å². The number of benzene rings is 3. The standard InChI is InChI=1S/C24H17ClO6/c1-28-17-6-8-18(9-7-17)30-22-14-29-21-13-19(10-11-20(21)24(22)27)31-23(26)12-15-2-4-16(25)5-3-15/h2-11,13-14H,12H2,1H3. The summed E-state index contributed by atoms with van der Waals surface area (Å²) < 4.78 is 21.6. The van der Waals surface area contributed by atoms with Crippen molar-refractivity contribution >= 4 is 28.5 Å². The SMILES string of the molecule is COc1ccc(Oc2coc3cc(OC(=O)Cc4ccc(Cl)cc4)ccc3c2=O)cc1. The Morgan fingerprint density at radius 1 is 0.935 bits per heavy atom. The number of carbonyl (C=O) groups excluding carboxylic acids is 1. The van der Waals surface area contributed by atoms with E-state index >= 15 is 0 Å². The molecule has 0 unspecified atom stereocenters. The zero-order valence-electron chi connectivity index (χ0n) is 16.5. The van der Waals surface area contributed by atoms with Crippen LogP contribution in [-0.4, -0.2) is 13.1 Å². The van der Waals surface area contributed by atoms with Crippen molar-refractivity contribution in [1.29, 1.82) is 0 Å². The lowest BCUT2D eigenvalue weighted by molar-refractivity contribution is -0.133. The zero-order chi connectivity index (χ0) is 21.8. The quantitative estimate of drug-likeness (QED) is 0.298. The molecule has 0 radical (unpaired) electrons. The minimum absolute atomic E-state index is 0.0464. The molecule has 7 heteroatoms. The van der Waals surface area contributed by atoms with Crippen LogP contribution in [0.15, 0.2) is 82.2 Å². The predicted octanol–water partition coefficient (Wildman–Crippen LogP) is 5.40. The normalized spacial score (nSPS) is 10.6. The molecule has 4 aromatic rings. The van der Waals surface area contributed by atoms with Crippen molar-refractivity contribution in [3.63, 3.8) is 0 Å². The average Bonchev–Trinajstić information content (AvgIpc) is 2.78. The van der Waals surface area contributed by atoms with Gasteiger partial charge in [0.2, 0.25) is 11.2 Å². The summed E-state index contributed by atoms with van der Waals surface area (Å²) in [6, 6.07) is 18.3. The molecule has 31 heavy (non-hydrogen) atoms. The maximum atomic E-state index is 12.7. The van der Waals surface area contributed by atoms with E-state index in [1.165, 1.54) is 24.5 Å². The minimum Gasteiger partial charge on any atom is -0.497 e. The molecule has 156 valence electrons. The monoisotopic (exact) mass is 436 g/mol. The van der Waals surface area contributed by atoms with E-state index in [2.05, 4.69) is 0 Å². The van der Waals surface area contributed by atoms with Crippen molar-refractivity contribution in [2.24, 2.45) is 0 Å². The number of hydrogen-bond donors (Lipinski definition) is 0. The fourth-order valence-electron chi connectivity index (χ4n) is 2.93. The molecule has 4 rings (SSSR count). The fraction of sp³-hybridized carbons (Fsp3) is 0.0833. The maximum Gasteiger partial charge on any atom is 0.315 e. The molecule has 0 aliphatic heterocycles. The molecule has 0 bridgehead atoms. The van der Waals surface area contributed by atoms with Crippen molar-refractivity contribution in [3.8, 4) is 23.0 Å². The molecule has 3 aromatic carbocycles. The summed E-state index contributed by atoms with van der Waals surface area (Å²) in [6.07, 6.45) is 1.32. The first-order valence-electron chi connectivity index (χ1n) is 9.34. The number of esters is 1. The van der Waals surface area contributed by atoms with Gasteiger partial charge >= 0.3 is 5.97 Å². The molecular formula is C24H17ClO6. The van der Waals surface area contributed by atoms with Gasteiger partial charge in [-0.15, -0.1) is 0 Å². The first kappa shape index (κ1) is 20.5. The highest BCUT2D eigenvalue weighted by Crippen LogP contribution is 2.25. The third-order valence-electron chi connectivity index (χ3n) is 4.50. The molecular weight excluding hydrogens is 420 g/mol. The van der Waals surface area contributed by atoms with Gasteiger partial charge in [0, 0.05) is 11.1 Å². The van der Waals surface area contributed by atoms with Gasteiger partial charge < -0.3 is 18.6 Å². The van der Waals surface area contributed by atoms with Crippen LogP contribution >= 0.6 is 11.6 Å². The molecule has 1 heterocycles. The Hall–Kier alpha value is -3.77. The molecule has 0 saturated carbocycles. The molecule has 0 saturated heterocycles. The first-order valence-corrected chi connectivity index (χ1v) is 9.72. The summed E-state index contributed by atoms with van der Waals surface area (Å²) >= 11 is 5.85. The molecule has 0 aliphatic carbocycles. The lowest BCUT2D eigenvalue weighted by atomic mass is 10.1. The Bertz CT molecular complexity index is 1280. The second-order valence-electron chi connectivity index (χ2n) is 6.64. The van der Waals surface area contributed by atoms with E-state index in [0.717, 1.165) is 5.56 Å². The van der Waals surface area contributed by atoms with Crippen LogP contribution in [0.3, 0.4) is 0 Å². The summed E-state index contributed by atoms with van der Waals surface area (Å²) in [4.78, 5) is 24.9. The topological polar surface area (TPSA) is 75.0 Å². The third kappa shape index (κ3) is 4.87. The van der Waals surface area contributed by atoms with E-state index in [0.29, 0.717) is 21.9 Å². The molecule has 0 amide bonds. The van der Waals surface area contributed by atoms with Crippen LogP contribution in [0.5, 0.6) is 23.0 Å². The van der Waals surface area contributed by atoms with Crippen molar-refractivity contribution in [2.45, 2.75) is 6.42 Å². The molecule has 0 aliphatic rings. The highest BCUT2D eigenvalue weighted by Gasteiger charge is 2.12. The average molecular weight is 437 g/mol. The van der Waals surface area contributed by atoms with Gasteiger partial charge in [-0.2, -0.15) is 0 Å². The van der Waals surface area contributed by atoms with E-state index in [4.69, 9.17) is 30.2 Å². The maximum absolute atomic E-state index is 12.7. The molecule has 0 fully saturated rings. The lowest BCUT2D eigenvalue weighted by Gasteiger charge is -2.08. The van der Waals surface area contributed by atoms with Crippen molar-refractivity contribution in [3.05, 3.63) is 93.8 Å². The smallest absolute Gasteiger partial charge is 0.315 e. The second kappa shape index (κ2) is 8.93. The van der Waals surface area contributed by atoms with Gasteiger partial charge in [0.1, 0.15) is 29.1 Å². The lowest BCUT2D eigenvalue weighted by Crippen LogP contribution is -2.11. The predicted molar refractivity (Wildman–Crippen MR) is 116 cm³/mol. The fourth-order valence-corrected chi connectivity index (χ4v) is 3.06. The van der Waals surface area contributed by atoms with E-state index in [9.17, 15) is 9.59 Å². The van der Waals surface area contributed by atoms with Gasteiger partial charge in [-0.25, -0.2) is 0 Å². The van der Waals surface area contributed by atoms with Crippen molar-refractivity contribution in [1.82, 2.24) is 0 Å². The Balaban J connectivity index is 1.50. The summed E-state index contributed by atoms with van der Waals surface area (Å²) in [5, 5.41) is 0.903. The second-order valence-corrected chi connectivity index (χ2v) is 7.08. The van der Waals surface area contributed by atoms with E-state index < -0.39 is 5.97 Å². The number of ether oxygens (including phenoxy) is 3. The molecule has 0 N–H and O–H groups in total. The van der Waals surface area contributed by atoms with Crippen LogP contribution in [0, 0.1) is 0 Å². The molecule has 0 spiro atoms. The van der Waals surface area contributed by atoms with E-state index in [1.54, 1.807) is 55.6 Å². The summed E-state index contributed by atoms with van der Waals surface area (Å²) in [7, 11) is 1.57. The number of methoxy groups -OCH3 is 1. The van der Waals surface area contributed by atoms with Gasteiger partial charge in [-0.3, -0.25) is 9.59 Å². The van der Waals surface area contributed by atoms with Gasteiger partial charge in [0.15, 0.2) is 0 Å². The van der Waals surface area contributed by atoms with Crippen LogP contribution in [0.2, 0.25) is 5.02 Å². The van der Waals surface area contributed by atoms with Gasteiger partial charge in [0.25, 0.3) is 0 Å². The van der Waals surface area contributed by atoms with Crippen LogP contribution < -0.4 is 19.6 Å². The van der Waals surface area contributed by atoms with Crippen LogP contribution in [-0.2, 0) is 11.2 Å². The third-order valence-corrected chi connectivity index (χ3v) is 4.75. The highest BCUT2D eigenvalue weighted by molar-refractivity contribution is 6.30.